The lowest BCUT2D eigenvalue weighted by molar-refractivity contribution is -0.180. The zero-order valence-corrected chi connectivity index (χ0v) is 17.3. The van der Waals surface area contributed by atoms with E-state index >= 15 is 0 Å². The SMILES string of the molecule is CCC(C)(C(O)C(C)(C)C)C(C)(C)C(CC(C)(C)C)OC(C)=O. The number of aliphatic hydroxyl groups excluding tert-OH is 1. The Kier molecular flexibility index (Phi) is 6.95. The van der Waals surface area contributed by atoms with Crippen molar-refractivity contribution in [3.05, 3.63) is 0 Å². The Morgan fingerprint density at radius 2 is 1.43 bits per heavy atom. The molecule has 0 bridgehead atoms. The van der Waals surface area contributed by atoms with Gasteiger partial charge in [0, 0.05) is 17.8 Å². The molecule has 0 spiro atoms. The van der Waals surface area contributed by atoms with E-state index in [1.54, 1.807) is 0 Å². The first kappa shape index (κ1) is 22.4. The summed E-state index contributed by atoms with van der Waals surface area (Å²) in [5.41, 5.74) is -0.909. The highest BCUT2D eigenvalue weighted by Gasteiger charge is 2.53. The molecular formula is C20H40O3. The molecule has 0 radical (unpaired) electrons. The first-order chi connectivity index (χ1) is 9.99. The van der Waals surface area contributed by atoms with Crippen molar-refractivity contribution in [2.45, 2.75) is 101 Å². The number of hydrogen-bond acceptors (Lipinski definition) is 3. The zero-order valence-electron chi connectivity index (χ0n) is 17.3. The van der Waals surface area contributed by atoms with E-state index in [2.05, 4.69) is 69.2 Å². The van der Waals surface area contributed by atoms with Crippen LogP contribution in [-0.4, -0.2) is 23.3 Å². The van der Waals surface area contributed by atoms with Crippen molar-refractivity contribution in [3.8, 4) is 0 Å². The summed E-state index contributed by atoms with van der Waals surface area (Å²) >= 11 is 0. The molecule has 0 amide bonds. The Morgan fingerprint density at radius 1 is 1.00 bits per heavy atom. The lowest BCUT2D eigenvalue weighted by Crippen LogP contribution is -2.56. The van der Waals surface area contributed by atoms with Crippen LogP contribution in [0, 0.1) is 21.7 Å². The van der Waals surface area contributed by atoms with E-state index in [1.807, 2.05) is 0 Å². The third-order valence-corrected chi connectivity index (χ3v) is 5.54. The average Bonchev–Trinajstić information content (AvgIpc) is 2.32. The number of carbonyl (C=O) groups is 1. The predicted octanol–water partition coefficient (Wildman–Crippen LogP) is 5.20. The van der Waals surface area contributed by atoms with Crippen molar-refractivity contribution in [1.29, 1.82) is 0 Å². The molecule has 0 aromatic heterocycles. The second-order valence-electron chi connectivity index (χ2n) is 10.1. The van der Waals surface area contributed by atoms with E-state index in [0.717, 1.165) is 12.8 Å². The summed E-state index contributed by atoms with van der Waals surface area (Å²) in [7, 11) is 0. The van der Waals surface area contributed by atoms with Crippen molar-refractivity contribution in [3.63, 3.8) is 0 Å². The number of esters is 1. The molecule has 0 rings (SSSR count). The van der Waals surface area contributed by atoms with Crippen LogP contribution in [0.2, 0.25) is 0 Å². The van der Waals surface area contributed by atoms with Gasteiger partial charge in [0.05, 0.1) is 6.10 Å². The fourth-order valence-corrected chi connectivity index (χ4v) is 3.53. The van der Waals surface area contributed by atoms with Crippen LogP contribution in [0.3, 0.4) is 0 Å². The third kappa shape index (κ3) is 5.48. The van der Waals surface area contributed by atoms with E-state index in [4.69, 9.17) is 4.74 Å². The molecule has 23 heavy (non-hydrogen) atoms. The highest BCUT2D eigenvalue weighted by Crippen LogP contribution is 2.53. The largest absolute Gasteiger partial charge is 0.462 e. The minimum absolute atomic E-state index is 0.0404. The van der Waals surface area contributed by atoms with Gasteiger partial charge in [-0.05, 0) is 23.7 Å². The monoisotopic (exact) mass is 328 g/mol. The Labute approximate surface area is 144 Å². The summed E-state index contributed by atoms with van der Waals surface area (Å²) in [4.78, 5) is 11.7. The highest BCUT2D eigenvalue weighted by molar-refractivity contribution is 5.66. The fraction of sp³-hybridized carbons (Fsp3) is 0.950. The normalized spacial score (nSPS) is 19.0. The van der Waals surface area contributed by atoms with Crippen molar-refractivity contribution >= 4 is 5.97 Å². The Hall–Kier alpha value is -0.570. The molecule has 0 saturated carbocycles. The maximum absolute atomic E-state index is 11.7. The number of carbonyl (C=O) groups excluding carboxylic acids is 1. The highest BCUT2D eigenvalue weighted by atomic mass is 16.5. The van der Waals surface area contributed by atoms with Gasteiger partial charge in [0.2, 0.25) is 0 Å². The second kappa shape index (κ2) is 7.13. The summed E-state index contributed by atoms with van der Waals surface area (Å²) in [6, 6.07) is 0. The fourth-order valence-electron chi connectivity index (χ4n) is 3.53. The molecule has 0 heterocycles. The van der Waals surface area contributed by atoms with E-state index < -0.39 is 6.10 Å². The molecule has 0 aromatic carbocycles. The van der Waals surface area contributed by atoms with Gasteiger partial charge in [-0.3, -0.25) is 4.79 Å². The van der Waals surface area contributed by atoms with Crippen LogP contribution in [0.25, 0.3) is 0 Å². The molecule has 138 valence electrons. The summed E-state index contributed by atoms with van der Waals surface area (Å²) in [6.07, 6.45) is 0.863. The van der Waals surface area contributed by atoms with Crippen LogP contribution in [0.4, 0.5) is 0 Å². The number of hydrogen-bond donors (Lipinski definition) is 1. The summed E-state index contributed by atoms with van der Waals surface area (Å²) in [5, 5.41) is 11.1. The molecule has 3 heteroatoms. The van der Waals surface area contributed by atoms with E-state index in [0.29, 0.717) is 0 Å². The second-order valence-corrected chi connectivity index (χ2v) is 10.1. The molecule has 0 fully saturated rings. The molecule has 0 aromatic rings. The molecule has 3 nitrogen and oxygen atoms in total. The molecular weight excluding hydrogens is 288 g/mol. The van der Waals surface area contributed by atoms with E-state index in [-0.39, 0.29) is 33.7 Å². The molecule has 0 aliphatic heterocycles. The minimum Gasteiger partial charge on any atom is -0.462 e. The van der Waals surface area contributed by atoms with Gasteiger partial charge >= 0.3 is 5.97 Å². The average molecular weight is 329 g/mol. The summed E-state index contributed by atoms with van der Waals surface area (Å²) in [5.74, 6) is -0.254. The van der Waals surface area contributed by atoms with E-state index in [1.165, 1.54) is 6.92 Å². The van der Waals surface area contributed by atoms with Crippen molar-refractivity contribution in [2.75, 3.05) is 0 Å². The van der Waals surface area contributed by atoms with E-state index in [9.17, 15) is 9.90 Å². The first-order valence-corrected chi connectivity index (χ1v) is 8.84. The van der Waals surface area contributed by atoms with Crippen LogP contribution in [0.1, 0.15) is 89.0 Å². The van der Waals surface area contributed by atoms with Gasteiger partial charge in [-0.1, -0.05) is 69.2 Å². The third-order valence-electron chi connectivity index (χ3n) is 5.54. The van der Waals surface area contributed by atoms with Gasteiger partial charge in [-0.2, -0.15) is 0 Å². The lowest BCUT2D eigenvalue weighted by atomic mass is 9.54. The van der Waals surface area contributed by atoms with Crippen molar-refractivity contribution < 1.29 is 14.6 Å². The van der Waals surface area contributed by atoms with Crippen LogP contribution in [0.15, 0.2) is 0 Å². The van der Waals surface area contributed by atoms with Gasteiger partial charge in [0.25, 0.3) is 0 Å². The molecule has 1 N–H and O–H groups in total. The van der Waals surface area contributed by atoms with Crippen LogP contribution < -0.4 is 0 Å². The number of ether oxygens (including phenoxy) is 1. The summed E-state index contributed by atoms with van der Waals surface area (Å²) in [6.45, 7) is 22.6. The number of rotatable bonds is 6. The minimum atomic E-state index is -0.493. The van der Waals surface area contributed by atoms with Gasteiger partial charge in [0.1, 0.15) is 6.10 Å². The summed E-state index contributed by atoms with van der Waals surface area (Å²) < 4.78 is 5.75. The van der Waals surface area contributed by atoms with Crippen molar-refractivity contribution in [1.82, 2.24) is 0 Å². The van der Waals surface area contributed by atoms with Crippen molar-refractivity contribution in [2.24, 2.45) is 21.7 Å². The predicted molar refractivity (Wildman–Crippen MR) is 97.3 cm³/mol. The maximum atomic E-state index is 11.7. The lowest BCUT2D eigenvalue weighted by Gasteiger charge is -2.54. The molecule has 3 atom stereocenters. The molecule has 0 aliphatic carbocycles. The number of aliphatic hydroxyl groups is 1. The topological polar surface area (TPSA) is 46.5 Å². The standard InChI is InChI=1S/C20H40O3/c1-12-20(11,16(22)18(6,7)8)19(9,10)15(23-14(2)21)13-17(3,4)5/h15-16,22H,12-13H2,1-11H3. The van der Waals surface area contributed by atoms with Crippen LogP contribution >= 0.6 is 0 Å². The Morgan fingerprint density at radius 3 is 1.70 bits per heavy atom. The van der Waals surface area contributed by atoms with Gasteiger partial charge in [-0.15, -0.1) is 0 Å². The van der Waals surface area contributed by atoms with Gasteiger partial charge < -0.3 is 9.84 Å². The van der Waals surface area contributed by atoms with Gasteiger partial charge in [-0.25, -0.2) is 0 Å². The maximum Gasteiger partial charge on any atom is 0.302 e. The molecule has 3 unspecified atom stereocenters. The first-order valence-electron chi connectivity index (χ1n) is 8.84. The van der Waals surface area contributed by atoms with Crippen LogP contribution in [-0.2, 0) is 9.53 Å². The Bertz CT molecular complexity index is 398. The van der Waals surface area contributed by atoms with Gasteiger partial charge in [0.15, 0.2) is 0 Å². The van der Waals surface area contributed by atoms with Crippen LogP contribution in [0.5, 0.6) is 0 Å². The molecule has 0 aliphatic rings. The zero-order chi connectivity index (χ0) is 18.9. The molecule has 0 saturated heterocycles. The Balaban J connectivity index is 5.91. The smallest absolute Gasteiger partial charge is 0.302 e. The quantitative estimate of drug-likeness (QED) is 0.681.